The van der Waals surface area contributed by atoms with Crippen LogP contribution in [0, 0.1) is 6.92 Å². The van der Waals surface area contributed by atoms with Gasteiger partial charge in [-0.25, -0.2) is 10.1 Å². The van der Waals surface area contributed by atoms with E-state index in [0.29, 0.717) is 68.8 Å². The largest absolute Gasteiger partial charge is 0.490 e. The van der Waals surface area contributed by atoms with Gasteiger partial charge in [-0.15, -0.1) is 5.10 Å². The molecule has 3 N–H and O–H groups in total. The summed E-state index contributed by atoms with van der Waals surface area (Å²) in [7, 11) is 0. The molecule has 0 spiro atoms. The van der Waals surface area contributed by atoms with Crippen molar-refractivity contribution in [2.24, 2.45) is 5.10 Å². The van der Waals surface area contributed by atoms with Crippen molar-refractivity contribution in [3.05, 3.63) is 70.5 Å². The van der Waals surface area contributed by atoms with Gasteiger partial charge >= 0.3 is 0 Å². The van der Waals surface area contributed by atoms with Crippen LogP contribution in [0.4, 0.5) is 5.82 Å². The zero-order valence-corrected chi connectivity index (χ0v) is 22.8. The Hall–Kier alpha value is -4.82. The Labute approximate surface area is 236 Å². The average molecular weight is 562 g/mol. The van der Waals surface area contributed by atoms with Gasteiger partial charge in [-0.2, -0.15) is 9.78 Å². The van der Waals surface area contributed by atoms with Crippen molar-refractivity contribution in [2.45, 2.75) is 27.0 Å². The molecule has 1 saturated heterocycles. The number of carbonyl (C=O) groups is 1. The minimum atomic E-state index is -0.556. The Balaban J connectivity index is 1.31. The van der Waals surface area contributed by atoms with E-state index in [0.717, 1.165) is 11.1 Å². The number of aryl methyl sites for hydroxylation is 1. The number of ether oxygens (including phenoxy) is 3. The summed E-state index contributed by atoms with van der Waals surface area (Å²) in [5.74, 6) is 0.650. The zero-order valence-electron chi connectivity index (χ0n) is 22.8. The van der Waals surface area contributed by atoms with Gasteiger partial charge in [0.15, 0.2) is 17.2 Å². The molecule has 3 heterocycles. The van der Waals surface area contributed by atoms with Crippen LogP contribution in [0.25, 0.3) is 5.82 Å². The van der Waals surface area contributed by atoms with E-state index in [4.69, 9.17) is 24.6 Å². The second-order valence-electron chi connectivity index (χ2n) is 9.27. The van der Waals surface area contributed by atoms with Crippen molar-refractivity contribution in [3.63, 3.8) is 0 Å². The number of nitrogens with zero attached hydrogens (tertiary/aromatic N) is 7. The number of aromatic nitrogens is 5. The number of morpholine rings is 1. The highest BCUT2D eigenvalue weighted by molar-refractivity contribution is 5.95. The molecule has 14 nitrogen and oxygen atoms in total. The van der Waals surface area contributed by atoms with Crippen LogP contribution in [-0.2, 0) is 17.9 Å². The molecule has 214 valence electrons. The van der Waals surface area contributed by atoms with E-state index in [-0.39, 0.29) is 17.3 Å². The Morgan fingerprint density at radius 2 is 2.00 bits per heavy atom. The number of nitrogen functional groups attached to an aromatic ring is 1. The van der Waals surface area contributed by atoms with Crippen molar-refractivity contribution < 1.29 is 23.6 Å². The molecule has 0 atom stereocenters. The molecule has 1 amide bonds. The highest BCUT2D eigenvalue weighted by Crippen LogP contribution is 2.29. The summed E-state index contributed by atoms with van der Waals surface area (Å²) >= 11 is 0. The van der Waals surface area contributed by atoms with Crippen molar-refractivity contribution in [1.82, 2.24) is 35.6 Å². The third-order valence-electron chi connectivity index (χ3n) is 6.25. The van der Waals surface area contributed by atoms with Gasteiger partial charge in [0, 0.05) is 19.6 Å². The fourth-order valence-corrected chi connectivity index (χ4v) is 4.28. The summed E-state index contributed by atoms with van der Waals surface area (Å²) in [6, 6.07) is 13.5. The summed E-state index contributed by atoms with van der Waals surface area (Å²) < 4.78 is 23.1. The second-order valence-corrected chi connectivity index (χ2v) is 9.27. The molecule has 5 rings (SSSR count). The van der Waals surface area contributed by atoms with Gasteiger partial charge in [-0.3, -0.25) is 9.69 Å². The molecule has 4 aromatic rings. The number of hydrazone groups is 1. The normalized spacial score (nSPS) is 13.9. The monoisotopic (exact) mass is 561 g/mol. The molecule has 41 heavy (non-hydrogen) atoms. The van der Waals surface area contributed by atoms with E-state index in [1.54, 1.807) is 6.07 Å². The molecule has 1 fully saturated rings. The first-order chi connectivity index (χ1) is 20.0. The summed E-state index contributed by atoms with van der Waals surface area (Å²) in [5.41, 5.74) is 11.9. The topological polar surface area (TPSA) is 168 Å². The maximum atomic E-state index is 13.3. The van der Waals surface area contributed by atoms with E-state index in [1.165, 1.54) is 10.9 Å². The van der Waals surface area contributed by atoms with E-state index in [2.05, 4.69) is 42.1 Å². The SMILES string of the molecule is CCOc1cc(/C=N/NC(=O)c2c(CN3CCOCC3)nnn2-c2nonc2N)ccc1OCc1cccc(C)c1. The average Bonchev–Trinajstić information content (AvgIpc) is 3.59. The number of nitrogens with one attached hydrogen (secondary N) is 1. The lowest BCUT2D eigenvalue weighted by Gasteiger charge is -2.25. The van der Waals surface area contributed by atoms with Crippen molar-refractivity contribution in [1.29, 1.82) is 0 Å². The summed E-state index contributed by atoms with van der Waals surface area (Å²) in [5, 5.41) is 19.8. The van der Waals surface area contributed by atoms with E-state index in [9.17, 15) is 4.79 Å². The predicted octanol–water partition coefficient (Wildman–Crippen LogP) is 2.11. The van der Waals surface area contributed by atoms with Crippen molar-refractivity contribution in [3.8, 4) is 17.3 Å². The molecule has 0 bridgehead atoms. The fourth-order valence-electron chi connectivity index (χ4n) is 4.28. The molecule has 0 radical (unpaired) electrons. The molecular formula is C27H31N9O5. The number of hydrogen-bond acceptors (Lipinski definition) is 12. The van der Waals surface area contributed by atoms with Crippen LogP contribution in [0.15, 0.2) is 52.2 Å². The molecule has 0 unspecified atom stereocenters. The zero-order chi connectivity index (χ0) is 28.6. The standard InChI is InChI=1S/C27H31N9O5/c1-3-39-23-14-19(7-8-22(23)40-17-20-6-4-5-18(2)13-20)15-29-31-27(37)24-21(16-35-9-11-38-12-10-35)30-34-36(24)26-25(28)32-41-33-26/h4-8,13-15H,3,9-12,16-17H2,1-2H3,(H2,28,32)(H,31,37)/b29-15+. The molecule has 2 aromatic carbocycles. The minimum absolute atomic E-state index is 0.0291. The van der Waals surface area contributed by atoms with Crippen molar-refractivity contribution in [2.75, 3.05) is 38.6 Å². The molecule has 14 heteroatoms. The van der Waals surface area contributed by atoms with Gasteiger partial charge in [0.1, 0.15) is 12.3 Å². The summed E-state index contributed by atoms with van der Waals surface area (Å²) in [4.78, 5) is 15.4. The third-order valence-corrected chi connectivity index (χ3v) is 6.25. The van der Waals surface area contributed by atoms with Crippen LogP contribution in [0.2, 0.25) is 0 Å². The first kappa shape index (κ1) is 27.7. The minimum Gasteiger partial charge on any atom is -0.490 e. The van der Waals surface area contributed by atoms with Crippen LogP contribution in [0.3, 0.4) is 0 Å². The summed E-state index contributed by atoms with van der Waals surface area (Å²) in [6.07, 6.45) is 1.51. The molecule has 0 aliphatic carbocycles. The third kappa shape index (κ3) is 6.85. The van der Waals surface area contributed by atoms with E-state index < -0.39 is 5.91 Å². The van der Waals surface area contributed by atoms with Gasteiger partial charge < -0.3 is 19.9 Å². The lowest BCUT2D eigenvalue weighted by atomic mass is 10.1. The summed E-state index contributed by atoms with van der Waals surface area (Å²) in [6.45, 7) is 7.78. The first-order valence-electron chi connectivity index (χ1n) is 13.1. The second kappa shape index (κ2) is 13.0. The first-order valence-corrected chi connectivity index (χ1v) is 13.1. The Morgan fingerprint density at radius 1 is 1.15 bits per heavy atom. The van der Waals surface area contributed by atoms with Crippen LogP contribution in [0.5, 0.6) is 11.5 Å². The van der Waals surface area contributed by atoms with E-state index in [1.807, 2.05) is 44.2 Å². The number of nitrogens with two attached hydrogens (primary N) is 1. The number of amides is 1. The molecule has 1 aliphatic heterocycles. The quantitative estimate of drug-likeness (QED) is 0.203. The van der Waals surface area contributed by atoms with Gasteiger partial charge in [0.2, 0.25) is 11.6 Å². The Kier molecular flexibility index (Phi) is 8.81. The number of hydrogen-bond donors (Lipinski definition) is 2. The number of anilines is 1. The van der Waals surface area contributed by atoms with Crippen LogP contribution < -0.4 is 20.6 Å². The number of rotatable bonds is 11. The smallest absolute Gasteiger partial charge is 0.292 e. The lowest BCUT2D eigenvalue weighted by molar-refractivity contribution is 0.0335. The van der Waals surface area contributed by atoms with Gasteiger partial charge in [-0.05, 0) is 53.5 Å². The van der Waals surface area contributed by atoms with Gasteiger partial charge in [0.05, 0.1) is 26.0 Å². The molecule has 1 aliphatic rings. The molecule has 2 aromatic heterocycles. The maximum absolute atomic E-state index is 13.3. The number of carbonyl (C=O) groups excluding carboxylic acids is 1. The number of benzene rings is 2. The highest BCUT2D eigenvalue weighted by atomic mass is 16.6. The van der Waals surface area contributed by atoms with Gasteiger partial charge in [-0.1, -0.05) is 35.0 Å². The Morgan fingerprint density at radius 3 is 2.76 bits per heavy atom. The maximum Gasteiger partial charge on any atom is 0.292 e. The van der Waals surface area contributed by atoms with Crippen LogP contribution >= 0.6 is 0 Å². The fraction of sp³-hybridized carbons (Fsp3) is 0.333. The van der Waals surface area contributed by atoms with Crippen LogP contribution in [0.1, 0.15) is 39.8 Å². The van der Waals surface area contributed by atoms with Crippen LogP contribution in [-0.4, -0.2) is 75.2 Å². The highest BCUT2D eigenvalue weighted by Gasteiger charge is 2.26. The Bertz CT molecular complexity index is 1510. The van der Waals surface area contributed by atoms with E-state index >= 15 is 0 Å². The molecular weight excluding hydrogens is 530 g/mol. The van der Waals surface area contributed by atoms with Gasteiger partial charge in [0.25, 0.3) is 5.91 Å². The predicted molar refractivity (Wildman–Crippen MR) is 148 cm³/mol. The molecule has 0 saturated carbocycles. The van der Waals surface area contributed by atoms with Crippen molar-refractivity contribution >= 4 is 17.9 Å². The lowest BCUT2D eigenvalue weighted by Crippen LogP contribution is -2.36.